The van der Waals surface area contributed by atoms with Crippen LogP contribution >= 0.6 is 0 Å². The lowest BCUT2D eigenvalue weighted by molar-refractivity contribution is -0.153. The molecular formula is C23H31N3O2. The van der Waals surface area contributed by atoms with E-state index < -0.39 is 0 Å². The first-order valence-electron chi connectivity index (χ1n) is 10.5. The van der Waals surface area contributed by atoms with Gasteiger partial charge in [0.15, 0.2) is 0 Å². The van der Waals surface area contributed by atoms with Gasteiger partial charge in [-0.15, -0.1) is 0 Å². The van der Waals surface area contributed by atoms with E-state index >= 15 is 0 Å². The molecule has 5 nitrogen and oxygen atoms in total. The van der Waals surface area contributed by atoms with Crippen LogP contribution in [0.2, 0.25) is 0 Å². The molecule has 0 spiro atoms. The summed E-state index contributed by atoms with van der Waals surface area (Å²) in [5, 5.41) is 8.98. The van der Waals surface area contributed by atoms with Crippen molar-refractivity contribution in [3.8, 4) is 11.8 Å². The fourth-order valence-corrected chi connectivity index (χ4v) is 6.36. The van der Waals surface area contributed by atoms with Gasteiger partial charge in [0.05, 0.1) is 26.3 Å². The summed E-state index contributed by atoms with van der Waals surface area (Å²) in [6, 6.07) is 10.2. The van der Waals surface area contributed by atoms with Crippen molar-refractivity contribution < 1.29 is 9.53 Å². The van der Waals surface area contributed by atoms with Crippen molar-refractivity contribution in [3.63, 3.8) is 0 Å². The molecule has 1 amide bonds. The second-order valence-corrected chi connectivity index (χ2v) is 9.30. The van der Waals surface area contributed by atoms with E-state index in [9.17, 15) is 4.79 Å². The maximum Gasteiger partial charge on any atom is 0.237 e. The number of amides is 1. The Morgan fingerprint density at radius 3 is 2.43 bits per heavy atom. The molecule has 0 aromatic heterocycles. The van der Waals surface area contributed by atoms with E-state index in [2.05, 4.69) is 17.0 Å². The zero-order chi connectivity index (χ0) is 19.7. The van der Waals surface area contributed by atoms with E-state index in [-0.39, 0.29) is 18.0 Å². The van der Waals surface area contributed by atoms with Gasteiger partial charge in [-0.25, -0.2) is 0 Å². The minimum Gasteiger partial charge on any atom is -0.497 e. The Morgan fingerprint density at radius 1 is 1.21 bits per heavy atom. The predicted octanol–water partition coefficient (Wildman–Crippen LogP) is 3.45. The van der Waals surface area contributed by atoms with E-state index in [0.717, 1.165) is 48.3 Å². The van der Waals surface area contributed by atoms with Crippen LogP contribution in [-0.4, -0.2) is 48.5 Å². The summed E-state index contributed by atoms with van der Waals surface area (Å²) in [5.41, 5.74) is 1.12. The van der Waals surface area contributed by atoms with E-state index in [1.165, 1.54) is 19.3 Å². The van der Waals surface area contributed by atoms with Crippen molar-refractivity contribution in [2.75, 3.05) is 27.2 Å². The maximum absolute atomic E-state index is 13.4. The van der Waals surface area contributed by atoms with E-state index in [0.29, 0.717) is 13.1 Å². The topological polar surface area (TPSA) is 56.6 Å². The first-order valence-corrected chi connectivity index (χ1v) is 10.5. The molecule has 28 heavy (non-hydrogen) atoms. The van der Waals surface area contributed by atoms with Crippen LogP contribution in [0.5, 0.6) is 5.75 Å². The SMILES string of the molecule is COc1cccc(CN(C(=O)CN(C)CC#N)C23CC4CC(CC(C4)C2)C3)c1. The molecular weight excluding hydrogens is 350 g/mol. The molecule has 0 atom stereocenters. The lowest BCUT2D eigenvalue weighted by Crippen LogP contribution is -2.62. The minimum atomic E-state index is 0.00237. The van der Waals surface area contributed by atoms with E-state index in [1.807, 2.05) is 30.1 Å². The van der Waals surface area contributed by atoms with Crippen LogP contribution in [0.1, 0.15) is 44.1 Å². The molecule has 4 aliphatic rings. The monoisotopic (exact) mass is 381 g/mol. The molecule has 4 bridgehead atoms. The van der Waals surface area contributed by atoms with E-state index in [4.69, 9.17) is 10.00 Å². The van der Waals surface area contributed by atoms with Gasteiger partial charge in [0, 0.05) is 12.1 Å². The number of hydrogen-bond donors (Lipinski definition) is 0. The Hall–Kier alpha value is -2.06. The van der Waals surface area contributed by atoms with Gasteiger partial charge in [0.2, 0.25) is 5.91 Å². The van der Waals surface area contributed by atoms with Gasteiger partial charge in [-0.1, -0.05) is 12.1 Å². The first kappa shape index (κ1) is 19.3. The highest BCUT2D eigenvalue weighted by atomic mass is 16.5. The number of likely N-dealkylation sites (N-methyl/N-ethyl adjacent to an activating group) is 1. The van der Waals surface area contributed by atoms with Crippen LogP contribution in [0.4, 0.5) is 0 Å². The summed E-state index contributed by atoms with van der Waals surface area (Å²) in [6.45, 7) is 1.21. The van der Waals surface area contributed by atoms with Crippen LogP contribution in [0.15, 0.2) is 24.3 Å². The zero-order valence-electron chi connectivity index (χ0n) is 17.1. The highest BCUT2D eigenvalue weighted by Crippen LogP contribution is 2.58. The highest BCUT2D eigenvalue weighted by molar-refractivity contribution is 5.79. The second-order valence-electron chi connectivity index (χ2n) is 9.30. The Labute approximate surface area is 168 Å². The number of nitrogens with zero attached hydrogens (tertiary/aromatic N) is 3. The fourth-order valence-electron chi connectivity index (χ4n) is 6.36. The van der Waals surface area contributed by atoms with Crippen molar-refractivity contribution >= 4 is 5.91 Å². The highest BCUT2D eigenvalue weighted by Gasteiger charge is 2.54. The summed E-state index contributed by atoms with van der Waals surface area (Å²) in [6.07, 6.45) is 7.52. The molecule has 150 valence electrons. The Kier molecular flexibility index (Phi) is 5.33. The molecule has 0 saturated heterocycles. The van der Waals surface area contributed by atoms with Crippen LogP contribution in [0, 0.1) is 29.1 Å². The third-order valence-electron chi connectivity index (χ3n) is 7.10. The minimum absolute atomic E-state index is 0.00237. The normalized spacial score (nSPS) is 30.3. The largest absolute Gasteiger partial charge is 0.497 e. The first-order chi connectivity index (χ1) is 13.5. The summed E-state index contributed by atoms with van der Waals surface area (Å²) in [4.78, 5) is 17.4. The lowest BCUT2D eigenvalue weighted by atomic mass is 9.52. The quantitative estimate of drug-likeness (QED) is 0.679. The number of nitriles is 1. The van der Waals surface area contributed by atoms with Gasteiger partial charge >= 0.3 is 0 Å². The molecule has 1 aromatic carbocycles. The summed E-state index contributed by atoms with van der Waals surface area (Å²) >= 11 is 0. The smallest absolute Gasteiger partial charge is 0.237 e. The van der Waals surface area contributed by atoms with Crippen molar-refractivity contribution in [1.29, 1.82) is 5.26 Å². The molecule has 0 aliphatic heterocycles. The second kappa shape index (κ2) is 7.75. The maximum atomic E-state index is 13.4. The van der Waals surface area contributed by atoms with Crippen LogP contribution in [0.25, 0.3) is 0 Å². The van der Waals surface area contributed by atoms with Crippen LogP contribution in [0.3, 0.4) is 0 Å². The van der Waals surface area contributed by atoms with Gasteiger partial charge in [0.25, 0.3) is 0 Å². The van der Waals surface area contributed by atoms with Gasteiger partial charge in [-0.3, -0.25) is 9.69 Å². The number of hydrogen-bond acceptors (Lipinski definition) is 4. The van der Waals surface area contributed by atoms with Crippen molar-refractivity contribution in [2.24, 2.45) is 17.8 Å². The van der Waals surface area contributed by atoms with Crippen LogP contribution in [-0.2, 0) is 11.3 Å². The summed E-state index contributed by atoms with van der Waals surface area (Å²) < 4.78 is 5.39. The van der Waals surface area contributed by atoms with Crippen LogP contribution < -0.4 is 4.74 Å². The van der Waals surface area contributed by atoms with E-state index in [1.54, 1.807) is 7.11 Å². The zero-order valence-corrected chi connectivity index (χ0v) is 17.1. The molecule has 5 heteroatoms. The number of ether oxygens (including phenoxy) is 1. The molecule has 4 fully saturated rings. The average Bonchev–Trinajstić information content (AvgIpc) is 2.65. The molecule has 4 aliphatic carbocycles. The lowest BCUT2D eigenvalue weighted by Gasteiger charge is -2.60. The number of methoxy groups -OCH3 is 1. The van der Waals surface area contributed by atoms with Gasteiger partial charge in [-0.2, -0.15) is 5.26 Å². The molecule has 1 aromatic rings. The fraction of sp³-hybridized carbons (Fsp3) is 0.652. The van der Waals surface area contributed by atoms with Gasteiger partial charge in [-0.05, 0) is 81.0 Å². The van der Waals surface area contributed by atoms with Crippen molar-refractivity contribution in [1.82, 2.24) is 9.80 Å². The number of carbonyl (C=O) groups is 1. The molecule has 0 heterocycles. The predicted molar refractivity (Wildman–Crippen MR) is 108 cm³/mol. The average molecular weight is 382 g/mol. The number of carbonyl (C=O) groups excluding carboxylic acids is 1. The molecule has 0 N–H and O–H groups in total. The summed E-state index contributed by atoms with van der Waals surface area (Å²) in [5.74, 6) is 3.33. The summed E-state index contributed by atoms with van der Waals surface area (Å²) in [7, 11) is 3.53. The third-order valence-corrected chi connectivity index (χ3v) is 7.10. The number of rotatable bonds is 7. The van der Waals surface area contributed by atoms with Gasteiger partial charge in [0.1, 0.15) is 5.75 Å². The number of benzene rings is 1. The van der Waals surface area contributed by atoms with Crippen molar-refractivity contribution in [3.05, 3.63) is 29.8 Å². The Balaban J connectivity index is 1.61. The van der Waals surface area contributed by atoms with Gasteiger partial charge < -0.3 is 9.64 Å². The standard InChI is InChI=1S/C23H31N3O2/c1-25(7-6-24)16-22(27)26(15-17-4-3-5-21(11-17)28-2)23-12-18-8-19(13-23)10-20(9-18)14-23/h3-5,11,18-20H,7-10,12-16H2,1-2H3. The Bertz CT molecular complexity index is 734. The molecule has 0 radical (unpaired) electrons. The Morgan fingerprint density at radius 2 is 1.86 bits per heavy atom. The van der Waals surface area contributed by atoms with Crippen molar-refractivity contribution in [2.45, 2.75) is 50.6 Å². The molecule has 0 unspecified atom stereocenters. The molecule has 5 rings (SSSR count). The molecule has 4 saturated carbocycles. The third kappa shape index (κ3) is 3.75.